The Morgan fingerprint density at radius 3 is 2.59 bits per heavy atom. The van der Waals surface area contributed by atoms with Gasteiger partial charge in [-0.15, -0.1) is 0 Å². The van der Waals surface area contributed by atoms with Gasteiger partial charge in [0.25, 0.3) is 0 Å². The van der Waals surface area contributed by atoms with Crippen LogP contribution in [0.15, 0.2) is 42.5 Å². The normalized spacial score (nSPS) is 13.6. The highest BCUT2D eigenvalue weighted by Gasteiger charge is 2.24. The molecule has 1 aliphatic rings. The summed E-state index contributed by atoms with van der Waals surface area (Å²) in [6.45, 7) is 0.667. The van der Waals surface area contributed by atoms with Gasteiger partial charge in [0.2, 0.25) is 11.8 Å². The molecule has 1 fully saturated rings. The van der Waals surface area contributed by atoms with Crippen LogP contribution in [0.2, 0.25) is 0 Å². The number of carbonyl (C=O) groups is 2. The maximum absolute atomic E-state index is 12.4. The lowest BCUT2D eigenvalue weighted by Crippen LogP contribution is -2.24. The Kier molecular flexibility index (Phi) is 5.96. The van der Waals surface area contributed by atoms with Gasteiger partial charge in [-0.1, -0.05) is 18.2 Å². The van der Waals surface area contributed by atoms with Crippen molar-refractivity contribution in [3.8, 4) is 11.5 Å². The van der Waals surface area contributed by atoms with E-state index in [1.807, 2.05) is 24.3 Å². The van der Waals surface area contributed by atoms with E-state index in [2.05, 4.69) is 5.32 Å². The summed E-state index contributed by atoms with van der Waals surface area (Å²) in [7, 11) is 3.20. The van der Waals surface area contributed by atoms with E-state index in [1.54, 1.807) is 37.3 Å². The second-order valence-electron chi connectivity index (χ2n) is 6.40. The summed E-state index contributed by atoms with van der Waals surface area (Å²) in [6.07, 6.45) is 2.30. The molecule has 0 atom stereocenters. The second-order valence-corrected chi connectivity index (χ2v) is 6.40. The number of hydrogen-bond donors (Lipinski definition) is 1. The number of nitrogens with zero attached hydrogens (tertiary/aromatic N) is 1. The van der Waals surface area contributed by atoms with Crippen molar-refractivity contribution in [1.82, 2.24) is 0 Å². The zero-order valence-corrected chi connectivity index (χ0v) is 15.7. The molecule has 0 radical (unpaired) electrons. The largest absolute Gasteiger partial charge is 0.496 e. The van der Waals surface area contributed by atoms with Crippen LogP contribution in [0.5, 0.6) is 11.5 Å². The van der Waals surface area contributed by atoms with E-state index in [-0.39, 0.29) is 11.8 Å². The Bertz CT molecular complexity index is 835. The fourth-order valence-corrected chi connectivity index (χ4v) is 3.26. The Hall–Kier alpha value is -3.02. The molecular formula is C21H24N2O4. The van der Waals surface area contributed by atoms with Gasteiger partial charge in [0.15, 0.2) is 0 Å². The number of ether oxygens (including phenoxy) is 2. The Labute approximate surface area is 159 Å². The molecule has 2 aromatic carbocycles. The monoisotopic (exact) mass is 368 g/mol. The number of hydrogen-bond acceptors (Lipinski definition) is 4. The van der Waals surface area contributed by atoms with Gasteiger partial charge in [0, 0.05) is 25.1 Å². The number of anilines is 2. The molecule has 6 heteroatoms. The Morgan fingerprint density at radius 1 is 1.11 bits per heavy atom. The van der Waals surface area contributed by atoms with E-state index in [9.17, 15) is 9.59 Å². The van der Waals surface area contributed by atoms with E-state index in [0.29, 0.717) is 42.9 Å². The summed E-state index contributed by atoms with van der Waals surface area (Å²) in [6, 6.07) is 13.0. The third-order valence-electron chi connectivity index (χ3n) is 4.64. The van der Waals surface area contributed by atoms with Gasteiger partial charge in [-0.25, -0.2) is 0 Å². The fraction of sp³-hybridized carbons (Fsp3) is 0.333. The summed E-state index contributed by atoms with van der Waals surface area (Å²) >= 11 is 0. The van der Waals surface area contributed by atoms with E-state index in [1.165, 1.54) is 0 Å². The number of nitrogens with one attached hydrogen (secondary N) is 1. The molecule has 3 rings (SSSR count). The molecule has 142 valence electrons. The van der Waals surface area contributed by atoms with E-state index in [4.69, 9.17) is 9.47 Å². The molecule has 1 saturated heterocycles. The second kappa shape index (κ2) is 8.58. The highest BCUT2D eigenvalue weighted by Crippen LogP contribution is 2.34. The molecule has 0 bridgehead atoms. The number of benzene rings is 2. The van der Waals surface area contributed by atoms with Crippen molar-refractivity contribution in [2.24, 2.45) is 0 Å². The van der Waals surface area contributed by atoms with Gasteiger partial charge < -0.3 is 19.7 Å². The van der Waals surface area contributed by atoms with Gasteiger partial charge >= 0.3 is 0 Å². The minimum absolute atomic E-state index is 0.0768. The van der Waals surface area contributed by atoms with Crippen LogP contribution in [-0.2, 0) is 16.0 Å². The van der Waals surface area contributed by atoms with Crippen molar-refractivity contribution in [3.05, 3.63) is 48.0 Å². The number of amides is 2. The van der Waals surface area contributed by atoms with Crippen LogP contribution in [-0.4, -0.2) is 32.6 Å². The average Bonchev–Trinajstić information content (AvgIpc) is 3.12. The summed E-state index contributed by atoms with van der Waals surface area (Å²) in [5.74, 6) is 1.39. The first kappa shape index (κ1) is 18.8. The summed E-state index contributed by atoms with van der Waals surface area (Å²) in [4.78, 5) is 26.2. The lowest BCUT2D eigenvalue weighted by molar-refractivity contribution is -0.117. The molecule has 2 amide bonds. The maximum Gasteiger partial charge on any atom is 0.227 e. The van der Waals surface area contributed by atoms with E-state index in [0.717, 1.165) is 17.7 Å². The Morgan fingerprint density at radius 2 is 1.89 bits per heavy atom. The highest BCUT2D eigenvalue weighted by atomic mass is 16.5. The first-order valence-electron chi connectivity index (χ1n) is 9.02. The van der Waals surface area contributed by atoms with Crippen LogP contribution in [0.3, 0.4) is 0 Å². The predicted molar refractivity (Wildman–Crippen MR) is 105 cm³/mol. The first-order valence-corrected chi connectivity index (χ1v) is 9.02. The molecule has 0 saturated carbocycles. The van der Waals surface area contributed by atoms with Crippen molar-refractivity contribution in [2.75, 3.05) is 31.0 Å². The molecule has 6 nitrogen and oxygen atoms in total. The van der Waals surface area contributed by atoms with Gasteiger partial charge in [-0.05, 0) is 42.7 Å². The third kappa shape index (κ3) is 4.39. The molecule has 1 heterocycles. The number of carbonyl (C=O) groups excluding carboxylic acids is 2. The minimum atomic E-state index is -0.0928. The topological polar surface area (TPSA) is 67.9 Å². The van der Waals surface area contributed by atoms with Crippen LogP contribution in [0.4, 0.5) is 11.4 Å². The fourth-order valence-electron chi connectivity index (χ4n) is 3.26. The molecular weight excluding hydrogens is 344 g/mol. The summed E-state index contributed by atoms with van der Waals surface area (Å²) in [5.41, 5.74) is 2.34. The molecule has 1 aliphatic heterocycles. The summed E-state index contributed by atoms with van der Waals surface area (Å²) in [5, 5.41) is 2.91. The lowest BCUT2D eigenvalue weighted by atomic mass is 10.1. The third-order valence-corrected chi connectivity index (χ3v) is 4.64. The van der Waals surface area contributed by atoms with Gasteiger partial charge in [0.1, 0.15) is 11.5 Å². The SMILES string of the molecule is COc1ccccc1CCC(=O)Nc1ccc(OC)c(N2CCCC2=O)c1. The van der Waals surface area contributed by atoms with Crippen molar-refractivity contribution in [1.29, 1.82) is 0 Å². The Balaban J connectivity index is 1.68. The standard InChI is InChI=1S/C21H24N2O4/c1-26-18-7-4-3-6-15(18)9-12-20(24)22-16-10-11-19(27-2)17(14-16)23-13-5-8-21(23)25/h3-4,6-7,10-11,14H,5,8-9,12-13H2,1-2H3,(H,22,24). The van der Waals surface area contributed by atoms with Crippen molar-refractivity contribution in [2.45, 2.75) is 25.7 Å². The van der Waals surface area contributed by atoms with Crippen LogP contribution in [0.25, 0.3) is 0 Å². The number of aryl methyl sites for hydroxylation is 1. The molecule has 0 spiro atoms. The molecule has 1 N–H and O–H groups in total. The van der Waals surface area contributed by atoms with Gasteiger partial charge in [-0.3, -0.25) is 9.59 Å². The number of para-hydroxylation sites is 1. The lowest BCUT2D eigenvalue weighted by Gasteiger charge is -2.20. The molecule has 0 aliphatic carbocycles. The molecule has 0 unspecified atom stereocenters. The quantitative estimate of drug-likeness (QED) is 0.813. The van der Waals surface area contributed by atoms with Gasteiger partial charge in [0.05, 0.1) is 19.9 Å². The van der Waals surface area contributed by atoms with Crippen LogP contribution in [0, 0.1) is 0 Å². The van der Waals surface area contributed by atoms with E-state index < -0.39 is 0 Å². The average molecular weight is 368 g/mol. The summed E-state index contributed by atoms with van der Waals surface area (Å²) < 4.78 is 10.7. The zero-order valence-electron chi connectivity index (χ0n) is 15.7. The number of rotatable bonds is 7. The van der Waals surface area contributed by atoms with Crippen LogP contribution < -0.4 is 19.7 Å². The number of methoxy groups -OCH3 is 2. The predicted octanol–water partition coefficient (Wildman–Crippen LogP) is 3.40. The molecule has 0 aromatic heterocycles. The van der Waals surface area contributed by atoms with Crippen molar-refractivity contribution < 1.29 is 19.1 Å². The van der Waals surface area contributed by atoms with Crippen molar-refractivity contribution in [3.63, 3.8) is 0 Å². The first-order chi connectivity index (χ1) is 13.1. The maximum atomic E-state index is 12.4. The smallest absolute Gasteiger partial charge is 0.227 e. The minimum Gasteiger partial charge on any atom is -0.496 e. The van der Waals surface area contributed by atoms with Gasteiger partial charge in [-0.2, -0.15) is 0 Å². The van der Waals surface area contributed by atoms with Crippen LogP contribution >= 0.6 is 0 Å². The highest BCUT2D eigenvalue weighted by molar-refractivity contribution is 5.98. The molecule has 2 aromatic rings. The van der Waals surface area contributed by atoms with Crippen LogP contribution in [0.1, 0.15) is 24.8 Å². The van der Waals surface area contributed by atoms with Crippen molar-refractivity contribution >= 4 is 23.2 Å². The van der Waals surface area contributed by atoms with E-state index >= 15 is 0 Å². The molecule has 27 heavy (non-hydrogen) atoms. The zero-order chi connectivity index (χ0) is 19.2.